The van der Waals surface area contributed by atoms with Gasteiger partial charge in [-0.3, -0.25) is 19.3 Å². The van der Waals surface area contributed by atoms with Crippen LogP contribution in [0.2, 0.25) is 0 Å². The minimum atomic E-state index is -0.480. The molecule has 0 N–H and O–H groups in total. The first-order chi connectivity index (χ1) is 13.0. The molecule has 0 bridgehead atoms. The summed E-state index contributed by atoms with van der Waals surface area (Å²) in [6.45, 7) is 4.27. The Kier molecular flexibility index (Phi) is 4.41. The van der Waals surface area contributed by atoms with Gasteiger partial charge in [0, 0.05) is 32.4 Å². The number of amides is 2. The molecule has 2 aromatic heterocycles. The molecule has 142 valence electrons. The molecule has 4 heterocycles. The summed E-state index contributed by atoms with van der Waals surface area (Å²) < 4.78 is 1.52. The molecule has 0 radical (unpaired) electrons. The van der Waals surface area contributed by atoms with Crippen molar-refractivity contribution in [2.24, 2.45) is 12.5 Å². The standard InChI is InChI=1S/C19H24N6O2/c1-14-5-3-6-15(21-14)11-24-10-8-19(18(24)27)7-4-9-25(12-19)17(26)16-20-13-23(2)22-16/h3,5-6,13H,4,7-12H2,1-2H3. The van der Waals surface area contributed by atoms with Crippen molar-refractivity contribution in [2.75, 3.05) is 19.6 Å². The Labute approximate surface area is 158 Å². The summed E-state index contributed by atoms with van der Waals surface area (Å²) in [7, 11) is 1.74. The van der Waals surface area contributed by atoms with Crippen LogP contribution in [0.15, 0.2) is 24.5 Å². The average Bonchev–Trinajstić information content (AvgIpc) is 3.21. The van der Waals surface area contributed by atoms with Gasteiger partial charge < -0.3 is 9.80 Å². The molecular formula is C19H24N6O2. The van der Waals surface area contributed by atoms with Gasteiger partial charge in [0.15, 0.2) is 0 Å². The van der Waals surface area contributed by atoms with Gasteiger partial charge in [-0.2, -0.15) is 0 Å². The van der Waals surface area contributed by atoms with Crippen LogP contribution in [0.4, 0.5) is 0 Å². The van der Waals surface area contributed by atoms with Crippen LogP contribution >= 0.6 is 0 Å². The predicted octanol–water partition coefficient (Wildman–Crippen LogP) is 1.17. The van der Waals surface area contributed by atoms with Crippen LogP contribution in [-0.2, 0) is 18.4 Å². The smallest absolute Gasteiger partial charge is 0.293 e. The maximum Gasteiger partial charge on any atom is 0.293 e. The Morgan fingerprint density at radius 1 is 1.26 bits per heavy atom. The fourth-order valence-corrected chi connectivity index (χ4v) is 4.19. The molecule has 8 nitrogen and oxygen atoms in total. The lowest BCUT2D eigenvalue weighted by molar-refractivity contribution is -0.138. The van der Waals surface area contributed by atoms with Crippen LogP contribution < -0.4 is 0 Å². The Bertz CT molecular complexity index is 879. The van der Waals surface area contributed by atoms with Crippen molar-refractivity contribution in [1.29, 1.82) is 0 Å². The number of likely N-dealkylation sites (tertiary alicyclic amines) is 2. The minimum Gasteiger partial charge on any atom is -0.336 e. The Morgan fingerprint density at radius 2 is 2.11 bits per heavy atom. The van der Waals surface area contributed by atoms with Gasteiger partial charge in [0.25, 0.3) is 5.91 Å². The highest BCUT2D eigenvalue weighted by atomic mass is 16.2. The van der Waals surface area contributed by atoms with Gasteiger partial charge in [-0.1, -0.05) is 6.07 Å². The first-order valence-electron chi connectivity index (χ1n) is 9.34. The molecule has 2 fully saturated rings. The molecule has 8 heteroatoms. The van der Waals surface area contributed by atoms with E-state index >= 15 is 0 Å². The third kappa shape index (κ3) is 3.31. The normalized spacial score (nSPS) is 22.7. The number of piperidine rings is 1. The second-order valence-corrected chi connectivity index (χ2v) is 7.60. The lowest BCUT2D eigenvalue weighted by Crippen LogP contribution is -2.50. The fourth-order valence-electron chi connectivity index (χ4n) is 4.19. The van der Waals surface area contributed by atoms with Crippen LogP contribution in [0.25, 0.3) is 0 Å². The lowest BCUT2D eigenvalue weighted by atomic mass is 9.78. The molecule has 2 aromatic rings. The zero-order chi connectivity index (χ0) is 19.0. The molecule has 2 aliphatic heterocycles. The van der Waals surface area contributed by atoms with Crippen molar-refractivity contribution in [3.63, 3.8) is 0 Å². The van der Waals surface area contributed by atoms with Crippen LogP contribution in [0.3, 0.4) is 0 Å². The molecule has 1 atom stereocenters. The highest BCUT2D eigenvalue weighted by Gasteiger charge is 2.49. The number of aryl methyl sites for hydroxylation is 2. The molecule has 4 rings (SSSR count). The van der Waals surface area contributed by atoms with Crippen molar-refractivity contribution < 1.29 is 9.59 Å². The number of aromatic nitrogens is 4. The molecule has 27 heavy (non-hydrogen) atoms. The number of hydrogen-bond donors (Lipinski definition) is 0. The average molecular weight is 368 g/mol. The Hall–Kier alpha value is -2.77. The van der Waals surface area contributed by atoms with E-state index in [0.717, 1.165) is 30.7 Å². The summed E-state index contributed by atoms with van der Waals surface area (Å²) in [5.41, 5.74) is 1.37. The van der Waals surface area contributed by atoms with Crippen LogP contribution in [-0.4, -0.2) is 61.0 Å². The number of carbonyl (C=O) groups is 2. The first kappa shape index (κ1) is 17.6. The first-order valence-corrected chi connectivity index (χ1v) is 9.34. The van der Waals surface area contributed by atoms with E-state index in [0.29, 0.717) is 26.2 Å². The number of carbonyl (C=O) groups excluding carboxylic acids is 2. The van der Waals surface area contributed by atoms with Gasteiger partial charge in [0.05, 0.1) is 17.7 Å². The second-order valence-electron chi connectivity index (χ2n) is 7.60. The molecule has 2 saturated heterocycles. The Morgan fingerprint density at radius 3 is 2.85 bits per heavy atom. The molecular weight excluding hydrogens is 344 g/mol. The SMILES string of the molecule is Cc1cccc(CN2CCC3(CCCN(C(=O)c4ncn(C)n4)C3)C2=O)n1. The minimum absolute atomic E-state index is 0.136. The maximum atomic E-state index is 13.2. The maximum absolute atomic E-state index is 13.2. The highest BCUT2D eigenvalue weighted by Crippen LogP contribution is 2.40. The van der Waals surface area contributed by atoms with Crippen molar-refractivity contribution >= 4 is 11.8 Å². The van der Waals surface area contributed by atoms with E-state index in [1.54, 1.807) is 11.9 Å². The van der Waals surface area contributed by atoms with E-state index in [9.17, 15) is 9.59 Å². The van der Waals surface area contributed by atoms with Gasteiger partial charge in [-0.15, -0.1) is 5.10 Å². The van der Waals surface area contributed by atoms with Gasteiger partial charge in [-0.05, 0) is 38.3 Å². The van der Waals surface area contributed by atoms with Gasteiger partial charge in [-0.25, -0.2) is 4.98 Å². The quantitative estimate of drug-likeness (QED) is 0.812. The molecule has 1 unspecified atom stereocenters. The fraction of sp³-hybridized carbons (Fsp3) is 0.526. The van der Waals surface area contributed by atoms with Crippen molar-refractivity contribution in [3.05, 3.63) is 41.7 Å². The highest BCUT2D eigenvalue weighted by molar-refractivity contribution is 5.92. The lowest BCUT2D eigenvalue weighted by Gasteiger charge is -2.38. The van der Waals surface area contributed by atoms with Crippen LogP contribution in [0.5, 0.6) is 0 Å². The van der Waals surface area contributed by atoms with E-state index in [2.05, 4.69) is 15.1 Å². The van der Waals surface area contributed by atoms with Gasteiger partial charge >= 0.3 is 0 Å². The summed E-state index contributed by atoms with van der Waals surface area (Å²) in [6, 6.07) is 5.87. The zero-order valence-electron chi connectivity index (χ0n) is 15.8. The topological polar surface area (TPSA) is 84.2 Å². The molecule has 0 saturated carbocycles. The van der Waals surface area contributed by atoms with Crippen molar-refractivity contribution in [1.82, 2.24) is 29.5 Å². The van der Waals surface area contributed by atoms with Crippen molar-refractivity contribution in [2.45, 2.75) is 32.7 Å². The third-order valence-corrected chi connectivity index (χ3v) is 5.55. The molecule has 1 spiro atoms. The number of rotatable bonds is 3. The largest absolute Gasteiger partial charge is 0.336 e. The van der Waals surface area contributed by atoms with E-state index < -0.39 is 5.41 Å². The van der Waals surface area contributed by atoms with Crippen LogP contribution in [0.1, 0.15) is 41.3 Å². The number of pyridine rings is 1. The number of nitrogens with zero attached hydrogens (tertiary/aromatic N) is 6. The molecule has 2 amide bonds. The zero-order valence-corrected chi connectivity index (χ0v) is 15.8. The van der Waals surface area contributed by atoms with E-state index in [4.69, 9.17) is 0 Å². The van der Waals surface area contributed by atoms with Gasteiger partial charge in [0.2, 0.25) is 11.7 Å². The van der Waals surface area contributed by atoms with E-state index in [1.807, 2.05) is 30.0 Å². The second kappa shape index (κ2) is 6.75. The molecule has 0 aromatic carbocycles. The van der Waals surface area contributed by atoms with E-state index in [-0.39, 0.29) is 17.6 Å². The molecule has 0 aliphatic carbocycles. The van der Waals surface area contributed by atoms with Gasteiger partial charge in [0.1, 0.15) is 6.33 Å². The summed E-state index contributed by atoms with van der Waals surface area (Å²) in [5, 5.41) is 4.11. The van der Waals surface area contributed by atoms with Crippen molar-refractivity contribution in [3.8, 4) is 0 Å². The predicted molar refractivity (Wildman–Crippen MR) is 97.6 cm³/mol. The Balaban J connectivity index is 1.48. The summed E-state index contributed by atoms with van der Waals surface area (Å²) in [6.07, 6.45) is 3.94. The van der Waals surface area contributed by atoms with Crippen LogP contribution in [0, 0.1) is 12.3 Å². The summed E-state index contributed by atoms with van der Waals surface area (Å²) in [4.78, 5) is 38.1. The third-order valence-electron chi connectivity index (χ3n) is 5.55. The summed E-state index contributed by atoms with van der Waals surface area (Å²) in [5.74, 6) is 0.138. The van der Waals surface area contributed by atoms with E-state index in [1.165, 1.54) is 11.0 Å². The summed E-state index contributed by atoms with van der Waals surface area (Å²) >= 11 is 0. The molecule has 2 aliphatic rings. The monoisotopic (exact) mass is 368 g/mol. The number of hydrogen-bond acceptors (Lipinski definition) is 5.